The molecule has 0 bridgehead atoms. The third-order valence-corrected chi connectivity index (χ3v) is 5.10. The number of fused-ring (bicyclic) bond motifs is 2. The third kappa shape index (κ3) is 2.52. The lowest BCUT2D eigenvalue weighted by Gasteiger charge is -2.33. The summed E-state index contributed by atoms with van der Waals surface area (Å²) in [6.45, 7) is 0.656. The van der Waals surface area contributed by atoms with Crippen molar-refractivity contribution < 1.29 is 23.5 Å². The van der Waals surface area contributed by atoms with Crippen LogP contribution in [0.3, 0.4) is 0 Å². The Balaban J connectivity index is 1.77. The van der Waals surface area contributed by atoms with E-state index in [1.807, 2.05) is 6.07 Å². The zero-order valence-electron chi connectivity index (χ0n) is 13.9. The summed E-state index contributed by atoms with van der Waals surface area (Å²) in [7, 11) is 1.23. The average molecular weight is 376 g/mol. The Hall–Kier alpha value is -2.60. The number of nitrogens with zero attached hydrogens (tertiary/aromatic N) is 1. The van der Waals surface area contributed by atoms with Crippen LogP contribution in [0.1, 0.15) is 44.3 Å². The van der Waals surface area contributed by atoms with Crippen molar-refractivity contribution in [1.82, 2.24) is 4.90 Å². The molecule has 2 aromatic carbocycles. The maximum absolute atomic E-state index is 14.5. The Kier molecular flexibility index (Phi) is 4.07. The quantitative estimate of drug-likeness (QED) is 0.750. The number of hydrogen-bond donors (Lipinski definition) is 0. The van der Waals surface area contributed by atoms with Crippen LogP contribution in [0.25, 0.3) is 0 Å². The minimum Gasteiger partial charge on any atom is -0.490 e. The van der Waals surface area contributed by atoms with Gasteiger partial charge in [-0.15, -0.1) is 0 Å². The zero-order valence-corrected chi connectivity index (χ0v) is 14.7. The first kappa shape index (κ1) is 16.8. The van der Waals surface area contributed by atoms with Gasteiger partial charge in [0.05, 0.1) is 35.9 Å². The number of methoxy groups -OCH3 is 1. The lowest BCUT2D eigenvalue weighted by atomic mass is 9.96. The SMILES string of the molecule is COC(=O)c1cc(F)c2c(c1)C(N1Cc3cccc(Cl)c3C1=O)CCO2. The van der Waals surface area contributed by atoms with Crippen LogP contribution in [0.5, 0.6) is 5.75 Å². The first-order valence-electron chi connectivity index (χ1n) is 8.14. The highest BCUT2D eigenvalue weighted by Crippen LogP contribution is 2.42. The molecule has 26 heavy (non-hydrogen) atoms. The van der Waals surface area contributed by atoms with Crippen LogP contribution in [0.15, 0.2) is 30.3 Å². The van der Waals surface area contributed by atoms with Gasteiger partial charge < -0.3 is 14.4 Å². The van der Waals surface area contributed by atoms with E-state index in [0.29, 0.717) is 29.1 Å². The molecule has 1 unspecified atom stereocenters. The Morgan fingerprint density at radius 1 is 1.38 bits per heavy atom. The van der Waals surface area contributed by atoms with Gasteiger partial charge in [0.1, 0.15) is 0 Å². The molecule has 1 atom stereocenters. The number of esters is 1. The van der Waals surface area contributed by atoms with Crippen molar-refractivity contribution >= 4 is 23.5 Å². The van der Waals surface area contributed by atoms with Crippen molar-refractivity contribution in [2.45, 2.75) is 19.0 Å². The van der Waals surface area contributed by atoms with E-state index in [0.717, 1.165) is 11.6 Å². The molecule has 0 aliphatic carbocycles. The maximum atomic E-state index is 14.5. The Morgan fingerprint density at radius 3 is 2.92 bits per heavy atom. The fraction of sp³-hybridized carbons (Fsp3) is 0.263. The molecule has 2 heterocycles. The molecule has 2 aliphatic rings. The number of carbonyl (C=O) groups excluding carboxylic acids is 2. The van der Waals surface area contributed by atoms with Gasteiger partial charge in [0.15, 0.2) is 11.6 Å². The second-order valence-electron chi connectivity index (χ2n) is 6.23. The van der Waals surface area contributed by atoms with E-state index in [9.17, 15) is 14.0 Å². The predicted molar refractivity (Wildman–Crippen MR) is 91.9 cm³/mol. The number of benzene rings is 2. The molecular weight excluding hydrogens is 361 g/mol. The van der Waals surface area contributed by atoms with Gasteiger partial charge in [0.25, 0.3) is 5.91 Å². The van der Waals surface area contributed by atoms with E-state index in [2.05, 4.69) is 4.74 Å². The monoisotopic (exact) mass is 375 g/mol. The number of rotatable bonds is 2. The van der Waals surface area contributed by atoms with Gasteiger partial charge in [-0.3, -0.25) is 4.79 Å². The molecular formula is C19H15ClFNO4. The second-order valence-corrected chi connectivity index (χ2v) is 6.64. The third-order valence-electron chi connectivity index (χ3n) is 4.78. The van der Waals surface area contributed by atoms with Crippen LogP contribution in [0, 0.1) is 5.82 Å². The van der Waals surface area contributed by atoms with Crippen molar-refractivity contribution in [2.24, 2.45) is 0 Å². The standard InChI is InChI=1S/C19H15ClFNO4/c1-25-19(24)11-7-12-15(5-6-26-17(12)14(21)8-11)22-9-10-3-2-4-13(20)16(10)18(22)23/h2-4,7-8,15H,5-6,9H2,1H3. The van der Waals surface area contributed by atoms with Crippen molar-refractivity contribution in [3.63, 3.8) is 0 Å². The minimum atomic E-state index is -0.644. The number of hydrogen-bond acceptors (Lipinski definition) is 4. The summed E-state index contributed by atoms with van der Waals surface area (Å²) in [5.74, 6) is -1.42. The molecule has 0 aromatic heterocycles. The second kappa shape index (κ2) is 6.29. The number of amides is 1. The molecule has 0 radical (unpaired) electrons. The van der Waals surface area contributed by atoms with Crippen molar-refractivity contribution in [2.75, 3.05) is 13.7 Å². The first-order chi connectivity index (χ1) is 12.5. The van der Waals surface area contributed by atoms with Crippen molar-refractivity contribution in [3.8, 4) is 5.75 Å². The average Bonchev–Trinajstić information content (AvgIpc) is 2.98. The van der Waals surface area contributed by atoms with Crippen LogP contribution in [-0.4, -0.2) is 30.5 Å². The summed E-state index contributed by atoms with van der Waals surface area (Å²) in [5.41, 5.74) is 1.86. The van der Waals surface area contributed by atoms with Crippen molar-refractivity contribution in [3.05, 3.63) is 63.4 Å². The lowest BCUT2D eigenvalue weighted by Crippen LogP contribution is -2.33. The van der Waals surface area contributed by atoms with Crippen LogP contribution in [0.2, 0.25) is 5.02 Å². The summed E-state index contributed by atoms with van der Waals surface area (Å²) >= 11 is 6.19. The molecule has 2 aromatic rings. The number of carbonyl (C=O) groups is 2. The van der Waals surface area contributed by atoms with Crippen molar-refractivity contribution in [1.29, 1.82) is 0 Å². The molecule has 0 N–H and O–H groups in total. The number of halogens is 2. The normalized spacial score (nSPS) is 18.2. The van der Waals surface area contributed by atoms with Gasteiger partial charge in [0.2, 0.25) is 0 Å². The Labute approximate surface area is 154 Å². The van der Waals surface area contributed by atoms with Crippen LogP contribution < -0.4 is 4.74 Å². The summed E-state index contributed by atoms with van der Waals surface area (Å²) in [6, 6.07) is 7.54. The molecule has 0 spiro atoms. The molecule has 7 heteroatoms. The first-order valence-corrected chi connectivity index (χ1v) is 8.52. The summed E-state index contributed by atoms with van der Waals surface area (Å²) in [6.07, 6.45) is 0.494. The molecule has 134 valence electrons. The van der Waals surface area contributed by atoms with Gasteiger partial charge in [-0.1, -0.05) is 23.7 Å². The molecule has 5 nitrogen and oxygen atoms in total. The molecule has 1 amide bonds. The van der Waals surface area contributed by atoms with Crippen LogP contribution in [-0.2, 0) is 11.3 Å². The fourth-order valence-electron chi connectivity index (χ4n) is 3.59. The largest absolute Gasteiger partial charge is 0.490 e. The summed E-state index contributed by atoms with van der Waals surface area (Å²) in [5, 5.41) is 0.400. The van der Waals surface area contributed by atoms with E-state index in [1.54, 1.807) is 17.0 Å². The highest BCUT2D eigenvalue weighted by molar-refractivity contribution is 6.34. The summed E-state index contributed by atoms with van der Waals surface area (Å²) in [4.78, 5) is 26.4. The van der Waals surface area contributed by atoms with Crippen LogP contribution >= 0.6 is 11.6 Å². The van der Waals surface area contributed by atoms with E-state index in [1.165, 1.54) is 13.2 Å². The highest BCUT2D eigenvalue weighted by Gasteiger charge is 2.38. The van der Waals surface area contributed by atoms with E-state index >= 15 is 0 Å². The van der Waals surface area contributed by atoms with Gasteiger partial charge in [0, 0.05) is 18.5 Å². The van der Waals surface area contributed by atoms with Gasteiger partial charge in [-0.2, -0.15) is 0 Å². The molecule has 2 aliphatic heterocycles. The van der Waals surface area contributed by atoms with Gasteiger partial charge in [-0.05, 0) is 23.8 Å². The maximum Gasteiger partial charge on any atom is 0.337 e. The van der Waals surface area contributed by atoms with Gasteiger partial charge in [-0.25, -0.2) is 9.18 Å². The predicted octanol–water partition coefficient (Wildman–Crippen LogP) is 3.75. The lowest BCUT2D eigenvalue weighted by molar-refractivity contribution is 0.0599. The minimum absolute atomic E-state index is 0.0729. The topological polar surface area (TPSA) is 55.8 Å². The molecule has 0 saturated heterocycles. The molecule has 0 saturated carbocycles. The Bertz CT molecular complexity index is 930. The Morgan fingerprint density at radius 2 is 2.19 bits per heavy atom. The fourth-order valence-corrected chi connectivity index (χ4v) is 3.87. The zero-order chi connectivity index (χ0) is 18.4. The highest BCUT2D eigenvalue weighted by atomic mass is 35.5. The summed E-state index contributed by atoms with van der Waals surface area (Å²) < 4.78 is 24.6. The van der Waals surface area contributed by atoms with Gasteiger partial charge >= 0.3 is 5.97 Å². The van der Waals surface area contributed by atoms with E-state index in [4.69, 9.17) is 16.3 Å². The van der Waals surface area contributed by atoms with Crippen LogP contribution in [0.4, 0.5) is 4.39 Å². The molecule has 0 fully saturated rings. The molecule has 4 rings (SSSR count). The van der Waals surface area contributed by atoms with E-state index < -0.39 is 17.8 Å². The van der Waals surface area contributed by atoms with E-state index in [-0.39, 0.29) is 23.8 Å². The smallest absolute Gasteiger partial charge is 0.337 e. The number of ether oxygens (including phenoxy) is 2.